The van der Waals surface area contributed by atoms with Crippen LogP contribution >= 0.6 is 47.0 Å². The molecular weight excluding hydrogens is 528 g/mol. The molecule has 3 heterocycles. The molecule has 0 spiro atoms. The van der Waals surface area contributed by atoms with Crippen molar-refractivity contribution in [3.8, 4) is 0 Å². The van der Waals surface area contributed by atoms with E-state index in [1.54, 1.807) is 20.4 Å². The van der Waals surface area contributed by atoms with Crippen LogP contribution in [0.1, 0.15) is 0 Å². The molecule has 0 aliphatic carbocycles. The van der Waals surface area contributed by atoms with Crippen molar-refractivity contribution in [1.82, 2.24) is 0 Å². The van der Waals surface area contributed by atoms with Gasteiger partial charge in [-0.05, 0) is 0 Å². The van der Waals surface area contributed by atoms with Crippen molar-refractivity contribution in [2.45, 2.75) is 27.4 Å². The molecule has 6 heteroatoms. The fraction of sp³-hybridized carbons (Fsp3) is 1.00. The van der Waals surface area contributed by atoms with Crippen LogP contribution in [0.25, 0.3) is 0 Å². The van der Waals surface area contributed by atoms with Gasteiger partial charge in [0.15, 0.2) is 0 Å². The first kappa shape index (κ1) is 15.9. The quantitative estimate of drug-likeness (QED) is 0.337. The van der Waals surface area contributed by atoms with Gasteiger partial charge in [0.2, 0.25) is 0 Å². The summed E-state index contributed by atoms with van der Waals surface area (Å²) < 4.78 is 5.90. The van der Waals surface area contributed by atoms with Gasteiger partial charge in [0.25, 0.3) is 0 Å². The third-order valence-electron chi connectivity index (χ3n) is 3.06. The maximum absolute atomic E-state index is 2.29. The summed E-state index contributed by atoms with van der Waals surface area (Å²) in [5.74, 6) is 8.94. The second kappa shape index (κ2) is 8.57. The van der Waals surface area contributed by atoms with Crippen molar-refractivity contribution >= 4 is 88.9 Å². The van der Waals surface area contributed by atoms with Gasteiger partial charge in [-0.1, -0.05) is 0 Å². The average molecular weight is 548 g/mol. The first-order valence-corrected chi connectivity index (χ1v) is 16.9. The van der Waals surface area contributed by atoms with Gasteiger partial charge < -0.3 is 0 Å². The molecule has 0 bridgehead atoms. The molecule has 0 N–H and O–H groups in total. The third-order valence-corrected chi connectivity index (χ3v) is 21.4. The van der Waals surface area contributed by atoms with Crippen LogP contribution in [-0.2, 0) is 0 Å². The maximum atomic E-state index is 2.29. The number of hydrogen-bond acceptors (Lipinski definition) is 4. The summed E-state index contributed by atoms with van der Waals surface area (Å²) in [4.78, 5) is 0. The molecule has 0 aromatic carbocycles. The molecule has 3 saturated heterocycles. The summed E-state index contributed by atoms with van der Waals surface area (Å²) in [5, 5.41) is 2.11. The van der Waals surface area contributed by atoms with Crippen LogP contribution in [0.5, 0.6) is 0 Å². The Morgan fingerprint density at radius 3 is 1.56 bits per heavy atom. The zero-order chi connectivity index (χ0) is 12.2. The molecule has 0 radical (unpaired) electrons. The zero-order valence-corrected chi connectivity index (χ0v) is 18.3. The van der Waals surface area contributed by atoms with E-state index in [2.05, 4.69) is 47.0 Å². The Morgan fingerprint density at radius 1 is 0.778 bits per heavy atom. The van der Waals surface area contributed by atoms with Crippen LogP contribution in [0.3, 0.4) is 0 Å². The van der Waals surface area contributed by atoms with Crippen molar-refractivity contribution < 1.29 is 0 Å². The molecule has 18 heavy (non-hydrogen) atoms. The van der Waals surface area contributed by atoms with E-state index in [0.717, 1.165) is 10.5 Å². The van der Waals surface area contributed by atoms with E-state index in [9.17, 15) is 0 Å². The van der Waals surface area contributed by atoms with E-state index in [-0.39, 0.29) is 0 Å². The Kier molecular flexibility index (Phi) is 7.55. The predicted molar refractivity (Wildman–Crippen MR) is 95.8 cm³/mol. The summed E-state index contributed by atoms with van der Waals surface area (Å²) in [6.45, 7) is 0. The van der Waals surface area contributed by atoms with Gasteiger partial charge in [-0.3, -0.25) is 0 Å². The van der Waals surface area contributed by atoms with Crippen LogP contribution in [0.2, 0.25) is 16.9 Å². The van der Waals surface area contributed by atoms with Crippen LogP contribution in [0.4, 0.5) is 0 Å². The number of rotatable bonds is 8. The summed E-state index contributed by atoms with van der Waals surface area (Å²) in [5.41, 5.74) is 0. The summed E-state index contributed by atoms with van der Waals surface area (Å²) in [6, 6.07) is 0. The molecule has 0 amide bonds. The number of thioether (sulfide) groups is 4. The van der Waals surface area contributed by atoms with Crippen LogP contribution in [0, 0.1) is 0 Å². The van der Waals surface area contributed by atoms with Crippen LogP contribution in [0.15, 0.2) is 0 Å². The molecule has 0 nitrogen and oxygen atoms in total. The molecule has 0 aromatic rings. The van der Waals surface area contributed by atoms with Gasteiger partial charge in [0.1, 0.15) is 0 Å². The van der Waals surface area contributed by atoms with Gasteiger partial charge in [-0.25, -0.2) is 0 Å². The fourth-order valence-electron chi connectivity index (χ4n) is 1.77. The van der Waals surface area contributed by atoms with E-state index >= 15 is 0 Å². The summed E-state index contributed by atoms with van der Waals surface area (Å²) in [6.07, 6.45) is 0. The molecule has 0 aromatic heterocycles. The molecule has 3 fully saturated rings. The Hall–Kier alpha value is 2.98. The fourth-order valence-corrected chi connectivity index (χ4v) is 20.8. The normalized spacial score (nSPS) is 38.7. The van der Waals surface area contributed by atoms with Crippen molar-refractivity contribution in [1.29, 1.82) is 0 Å². The average Bonchev–Trinajstić information content (AvgIpc) is 3.25. The second-order valence-electron chi connectivity index (χ2n) is 4.90. The summed E-state index contributed by atoms with van der Waals surface area (Å²) >= 11 is 9.67. The standard InChI is InChI=1S/C12H20S4Te2/c1(9-3-15-9)13-5-11-7-18-12(8-17-11)6-14-2-10-4-16-10/h9-12H,1-8H2. The minimum absolute atomic E-state index is 0.385. The number of hydrogen-bond donors (Lipinski definition) is 0. The molecule has 4 atom stereocenters. The van der Waals surface area contributed by atoms with Crippen molar-refractivity contribution in [2.75, 3.05) is 34.5 Å². The van der Waals surface area contributed by atoms with Gasteiger partial charge in [0.05, 0.1) is 0 Å². The van der Waals surface area contributed by atoms with E-state index in [1.165, 1.54) is 30.9 Å². The van der Waals surface area contributed by atoms with E-state index in [4.69, 9.17) is 0 Å². The second-order valence-corrected chi connectivity index (χ2v) is 17.3. The monoisotopic (exact) mass is 552 g/mol. The van der Waals surface area contributed by atoms with Gasteiger partial charge >= 0.3 is 151 Å². The molecule has 104 valence electrons. The van der Waals surface area contributed by atoms with Crippen molar-refractivity contribution in [3.05, 3.63) is 0 Å². The van der Waals surface area contributed by atoms with Crippen molar-refractivity contribution in [2.24, 2.45) is 0 Å². The van der Waals surface area contributed by atoms with Crippen molar-refractivity contribution in [3.63, 3.8) is 0 Å². The van der Waals surface area contributed by atoms with E-state index in [1.807, 2.05) is 0 Å². The van der Waals surface area contributed by atoms with Gasteiger partial charge in [-0.15, -0.1) is 0 Å². The topological polar surface area (TPSA) is 0 Å². The Labute approximate surface area is 149 Å². The van der Waals surface area contributed by atoms with E-state index < -0.39 is 0 Å². The predicted octanol–water partition coefficient (Wildman–Crippen LogP) is 3.52. The molecule has 4 unspecified atom stereocenters. The summed E-state index contributed by atoms with van der Waals surface area (Å²) in [7, 11) is 0. The van der Waals surface area contributed by atoms with Crippen LogP contribution < -0.4 is 0 Å². The SMILES string of the molecule is C(SCC1C[Te]C(CSCC2CS2)C[Te]1)C1CS1. The first-order valence-electron chi connectivity index (χ1n) is 6.52. The Morgan fingerprint density at radius 2 is 1.22 bits per heavy atom. The molecule has 0 saturated carbocycles. The van der Waals surface area contributed by atoms with Gasteiger partial charge in [0, 0.05) is 0 Å². The molecular formula is C12H20S4Te2. The van der Waals surface area contributed by atoms with E-state index in [0.29, 0.717) is 41.8 Å². The zero-order valence-electron chi connectivity index (χ0n) is 10.4. The van der Waals surface area contributed by atoms with Gasteiger partial charge in [-0.2, -0.15) is 0 Å². The molecule has 3 aliphatic heterocycles. The minimum atomic E-state index is 0.385. The first-order chi connectivity index (χ1) is 8.90. The Balaban J connectivity index is 1.21. The molecule has 3 aliphatic rings. The molecule has 3 rings (SSSR count). The Bertz CT molecular complexity index is 224. The third kappa shape index (κ3) is 6.39. The van der Waals surface area contributed by atoms with Crippen LogP contribution in [-0.4, -0.2) is 86.9 Å².